The smallest absolute Gasteiger partial charge is 0.0720 e. The summed E-state index contributed by atoms with van der Waals surface area (Å²) in [5.74, 6) is 0. The lowest BCUT2D eigenvalue weighted by molar-refractivity contribution is 0.118. The summed E-state index contributed by atoms with van der Waals surface area (Å²) in [6, 6.07) is 16.5. The zero-order valence-corrected chi connectivity index (χ0v) is 11.4. The summed E-state index contributed by atoms with van der Waals surface area (Å²) in [6.45, 7) is 3.47. The predicted octanol–water partition coefficient (Wildman–Crippen LogP) is 3.73. The maximum absolute atomic E-state index is 5.87. The van der Waals surface area contributed by atoms with Gasteiger partial charge in [-0.25, -0.2) is 0 Å². The summed E-state index contributed by atoms with van der Waals surface area (Å²) in [6.07, 6.45) is 2.11. The van der Waals surface area contributed by atoms with Gasteiger partial charge in [-0.3, -0.25) is 0 Å². The molecule has 0 aliphatic carbocycles. The van der Waals surface area contributed by atoms with Crippen molar-refractivity contribution in [2.45, 2.75) is 26.4 Å². The molecule has 2 rings (SSSR count). The molecule has 2 nitrogen and oxygen atoms in total. The summed E-state index contributed by atoms with van der Waals surface area (Å²) in [5, 5.41) is 0. The molecule has 0 unspecified atom stereocenters. The van der Waals surface area contributed by atoms with Gasteiger partial charge < -0.3 is 10.5 Å². The molecule has 0 saturated heterocycles. The zero-order chi connectivity index (χ0) is 13.5. The average molecular weight is 255 g/mol. The Hall–Kier alpha value is -1.80. The molecule has 0 aliphatic rings. The topological polar surface area (TPSA) is 35.2 Å². The SMILES string of the molecule is Cc1c(N)cccc1COCCCc1ccccc1. The number of aryl methyl sites for hydroxylation is 1. The van der Waals surface area contributed by atoms with Crippen LogP contribution in [0, 0.1) is 6.92 Å². The number of hydrogen-bond donors (Lipinski definition) is 1. The molecule has 19 heavy (non-hydrogen) atoms. The van der Waals surface area contributed by atoms with Crippen molar-refractivity contribution in [3.05, 3.63) is 65.2 Å². The highest BCUT2D eigenvalue weighted by Crippen LogP contribution is 2.16. The van der Waals surface area contributed by atoms with Crippen LogP contribution in [0.1, 0.15) is 23.1 Å². The molecule has 0 saturated carbocycles. The minimum atomic E-state index is 0.645. The van der Waals surface area contributed by atoms with E-state index in [0.29, 0.717) is 6.61 Å². The van der Waals surface area contributed by atoms with Crippen LogP contribution in [0.4, 0.5) is 5.69 Å². The van der Waals surface area contributed by atoms with Crippen molar-refractivity contribution in [2.24, 2.45) is 0 Å². The Morgan fingerprint density at radius 3 is 2.58 bits per heavy atom. The molecule has 0 amide bonds. The van der Waals surface area contributed by atoms with Crippen LogP contribution >= 0.6 is 0 Å². The highest BCUT2D eigenvalue weighted by atomic mass is 16.5. The number of benzene rings is 2. The molecule has 0 spiro atoms. The first-order valence-electron chi connectivity index (χ1n) is 6.73. The van der Waals surface area contributed by atoms with Crippen LogP contribution in [-0.4, -0.2) is 6.61 Å². The number of nitrogens with two attached hydrogens (primary N) is 1. The maximum atomic E-state index is 5.87. The van der Waals surface area contributed by atoms with Gasteiger partial charge in [0, 0.05) is 12.3 Å². The molecule has 0 bridgehead atoms. The average Bonchev–Trinajstić information content (AvgIpc) is 2.44. The van der Waals surface area contributed by atoms with Crippen LogP contribution in [0.2, 0.25) is 0 Å². The van der Waals surface area contributed by atoms with Crippen LogP contribution in [0.15, 0.2) is 48.5 Å². The Balaban J connectivity index is 1.71. The van der Waals surface area contributed by atoms with E-state index < -0.39 is 0 Å². The van der Waals surface area contributed by atoms with E-state index >= 15 is 0 Å². The minimum absolute atomic E-state index is 0.645. The summed E-state index contributed by atoms with van der Waals surface area (Å²) in [7, 11) is 0. The number of ether oxygens (including phenoxy) is 1. The van der Waals surface area contributed by atoms with E-state index in [-0.39, 0.29) is 0 Å². The number of nitrogen functional groups attached to an aromatic ring is 1. The standard InChI is InChI=1S/C17H21NO/c1-14-16(10-5-11-17(14)18)13-19-12-6-9-15-7-3-2-4-8-15/h2-5,7-8,10-11H,6,9,12-13,18H2,1H3. The molecule has 0 radical (unpaired) electrons. The van der Waals surface area contributed by atoms with Crippen molar-refractivity contribution in [1.29, 1.82) is 0 Å². The van der Waals surface area contributed by atoms with Gasteiger partial charge in [-0.2, -0.15) is 0 Å². The lowest BCUT2D eigenvalue weighted by Crippen LogP contribution is -2.01. The van der Waals surface area contributed by atoms with E-state index in [9.17, 15) is 0 Å². The van der Waals surface area contributed by atoms with Gasteiger partial charge in [0.1, 0.15) is 0 Å². The summed E-state index contributed by atoms with van der Waals surface area (Å²) >= 11 is 0. The van der Waals surface area contributed by atoms with Crippen molar-refractivity contribution in [3.8, 4) is 0 Å². The largest absolute Gasteiger partial charge is 0.399 e. The normalized spacial score (nSPS) is 10.6. The molecular weight excluding hydrogens is 234 g/mol. The van der Waals surface area contributed by atoms with Gasteiger partial charge >= 0.3 is 0 Å². The van der Waals surface area contributed by atoms with Crippen LogP contribution in [0.3, 0.4) is 0 Å². The number of anilines is 1. The Bertz CT molecular complexity index is 508. The van der Waals surface area contributed by atoms with E-state index in [1.54, 1.807) is 0 Å². The van der Waals surface area contributed by atoms with Gasteiger partial charge in [0.05, 0.1) is 6.61 Å². The molecule has 2 N–H and O–H groups in total. The maximum Gasteiger partial charge on any atom is 0.0720 e. The van der Waals surface area contributed by atoms with E-state index in [4.69, 9.17) is 10.5 Å². The van der Waals surface area contributed by atoms with Gasteiger partial charge in [0.2, 0.25) is 0 Å². The fraction of sp³-hybridized carbons (Fsp3) is 0.294. The van der Waals surface area contributed by atoms with Crippen molar-refractivity contribution in [1.82, 2.24) is 0 Å². The molecule has 2 aromatic carbocycles. The third-order valence-electron chi connectivity index (χ3n) is 3.34. The first-order chi connectivity index (χ1) is 9.27. The number of hydrogen-bond acceptors (Lipinski definition) is 2. The quantitative estimate of drug-likeness (QED) is 0.630. The van der Waals surface area contributed by atoms with Gasteiger partial charge in [0.15, 0.2) is 0 Å². The summed E-state index contributed by atoms with van der Waals surface area (Å²) < 4.78 is 5.72. The fourth-order valence-corrected chi connectivity index (χ4v) is 2.06. The van der Waals surface area contributed by atoms with Gasteiger partial charge in [-0.05, 0) is 42.5 Å². The van der Waals surface area contributed by atoms with E-state index in [0.717, 1.165) is 30.7 Å². The molecule has 2 aromatic rings. The number of rotatable bonds is 6. The lowest BCUT2D eigenvalue weighted by Gasteiger charge is -2.09. The fourth-order valence-electron chi connectivity index (χ4n) is 2.06. The highest BCUT2D eigenvalue weighted by Gasteiger charge is 2.01. The molecular formula is C17H21NO. The van der Waals surface area contributed by atoms with E-state index in [1.165, 1.54) is 11.1 Å². The summed E-state index contributed by atoms with van der Waals surface area (Å²) in [5.41, 5.74) is 10.4. The Kier molecular flexibility index (Phi) is 4.99. The summed E-state index contributed by atoms with van der Waals surface area (Å²) in [4.78, 5) is 0. The Labute approximate surface area is 115 Å². The van der Waals surface area contributed by atoms with E-state index in [2.05, 4.69) is 30.3 Å². The second-order valence-corrected chi connectivity index (χ2v) is 4.77. The molecule has 0 fully saturated rings. The van der Waals surface area contributed by atoms with Crippen molar-refractivity contribution in [2.75, 3.05) is 12.3 Å². The Morgan fingerprint density at radius 2 is 1.79 bits per heavy atom. The predicted molar refractivity (Wildman–Crippen MR) is 80.0 cm³/mol. The second kappa shape index (κ2) is 6.95. The van der Waals surface area contributed by atoms with Crippen molar-refractivity contribution < 1.29 is 4.74 Å². The van der Waals surface area contributed by atoms with Gasteiger partial charge in [-0.1, -0.05) is 42.5 Å². The molecule has 0 aliphatic heterocycles. The van der Waals surface area contributed by atoms with Gasteiger partial charge in [-0.15, -0.1) is 0 Å². The molecule has 0 atom stereocenters. The molecule has 0 heterocycles. The minimum Gasteiger partial charge on any atom is -0.399 e. The lowest BCUT2D eigenvalue weighted by atomic mass is 10.1. The van der Waals surface area contributed by atoms with Gasteiger partial charge in [0.25, 0.3) is 0 Å². The second-order valence-electron chi connectivity index (χ2n) is 4.77. The van der Waals surface area contributed by atoms with Crippen molar-refractivity contribution in [3.63, 3.8) is 0 Å². The van der Waals surface area contributed by atoms with E-state index in [1.807, 2.05) is 25.1 Å². The molecule has 0 aromatic heterocycles. The van der Waals surface area contributed by atoms with Crippen LogP contribution in [0.5, 0.6) is 0 Å². The zero-order valence-electron chi connectivity index (χ0n) is 11.4. The monoisotopic (exact) mass is 255 g/mol. The van der Waals surface area contributed by atoms with Crippen LogP contribution in [-0.2, 0) is 17.8 Å². The Morgan fingerprint density at radius 1 is 1.00 bits per heavy atom. The highest BCUT2D eigenvalue weighted by molar-refractivity contribution is 5.49. The molecule has 2 heteroatoms. The third kappa shape index (κ3) is 4.11. The van der Waals surface area contributed by atoms with Crippen LogP contribution in [0.25, 0.3) is 0 Å². The first kappa shape index (κ1) is 13.6. The van der Waals surface area contributed by atoms with Crippen molar-refractivity contribution >= 4 is 5.69 Å². The van der Waals surface area contributed by atoms with Crippen LogP contribution < -0.4 is 5.73 Å². The first-order valence-corrected chi connectivity index (χ1v) is 6.73. The molecule has 100 valence electrons. The third-order valence-corrected chi connectivity index (χ3v) is 3.34.